The van der Waals surface area contributed by atoms with Crippen molar-refractivity contribution in [3.63, 3.8) is 0 Å². The molecule has 1 aromatic heterocycles. The Morgan fingerprint density at radius 1 is 1.20 bits per heavy atom. The third-order valence-corrected chi connectivity index (χ3v) is 4.25. The molecule has 0 bridgehead atoms. The van der Waals surface area contributed by atoms with Crippen molar-refractivity contribution < 1.29 is 0 Å². The van der Waals surface area contributed by atoms with Crippen LogP contribution < -0.4 is 4.90 Å². The molecule has 0 atom stereocenters. The molecule has 0 amide bonds. The standard InChI is InChI=1S/C15H14ClN3S/c16-13-3-5-14(6-4-13)19(15-18-8-9-20-15)11-12-2-1-7-17-10-12/h1-7,10H,8-9,11H2. The van der Waals surface area contributed by atoms with E-state index >= 15 is 0 Å². The topological polar surface area (TPSA) is 28.5 Å². The molecule has 2 aromatic rings. The lowest BCUT2D eigenvalue weighted by atomic mass is 10.2. The van der Waals surface area contributed by atoms with Gasteiger partial charge in [-0.1, -0.05) is 29.4 Å². The van der Waals surface area contributed by atoms with Crippen LogP contribution in [0.4, 0.5) is 5.69 Å². The van der Waals surface area contributed by atoms with Crippen LogP contribution in [0.3, 0.4) is 0 Å². The predicted octanol–water partition coefficient (Wildman–Crippen LogP) is 3.84. The van der Waals surface area contributed by atoms with Crippen LogP contribution in [0.15, 0.2) is 53.8 Å². The molecule has 5 heteroatoms. The van der Waals surface area contributed by atoms with E-state index in [4.69, 9.17) is 11.6 Å². The van der Waals surface area contributed by atoms with E-state index in [0.717, 1.165) is 40.3 Å². The third kappa shape index (κ3) is 3.14. The zero-order chi connectivity index (χ0) is 13.8. The van der Waals surface area contributed by atoms with Crippen LogP contribution >= 0.6 is 23.4 Å². The van der Waals surface area contributed by atoms with Gasteiger partial charge in [-0.05, 0) is 35.9 Å². The van der Waals surface area contributed by atoms with Crippen molar-refractivity contribution in [2.45, 2.75) is 6.54 Å². The van der Waals surface area contributed by atoms with Gasteiger partial charge in [-0.3, -0.25) is 9.98 Å². The van der Waals surface area contributed by atoms with Gasteiger partial charge in [-0.2, -0.15) is 0 Å². The molecule has 0 unspecified atom stereocenters. The summed E-state index contributed by atoms with van der Waals surface area (Å²) < 4.78 is 0. The van der Waals surface area contributed by atoms with Crippen molar-refractivity contribution in [1.29, 1.82) is 0 Å². The van der Waals surface area contributed by atoms with Crippen LogP contribution in [0.5, 0.6) is 0 Å². The van der Waals surface area contributed by atoms with Crippen molar-refractivity contribution in [3.8, 4) is 0 Å². The van der Waals surface area contributed by atoms with E-state index in [9.17, 15) is 0 Å². The molecule has 102 valence electrons. The number of amidine groups is 1. The number of aromatic nitrogens is 1. The van der Waals surface area contributed by atoms with E-state index in [2.05, 4.69) is 20.9 Å². The predicted molar refractivity (Wildman–Crippen MR) is 86.6 cm³/mol. The van der Waals surface area contributed by atoms with Crippen LogP contribution in [0.25, 0.3) is 0 Å². The quantitative estimate of drug-likeness (QED) is 0.862. The number of rotatable bonds is 3. The maximum Gasteiger partial charge on any atom is 0.164 e. The zero-order valence-electron chi connectivity index (χ0n) is 10.9. The number of thioether (sulfide) groups is 1. The first kappa shape index (κ1) is 13.5. The van der Waals surface area contributed by atoms with Gasteiger partial charge < -0.3 is 4.90 Å². The maximum absolute atomic E-state index is 5.97. The molecule has 0 spiro atoms. The monoisotopic (exact) mass is 303 g/mol. The summed E-state index contributed by atoms with van der Waals surface area (Å²) in [5, 5.41) is 1.81. The van der Waals surface area contributed by atoms with Crippen molar-refractivity contribution in [2.24, 2.45) is 4.99 Å². The normalized spacial score (nSPS) is 14.2. The zero-order valence-corrected chi connectivity index (χ0v) is 12.4. The van der Waals surface area contributed by atoms with Gasteiger partial charge in [-0.25, -0.2) is 0 Å². The average molecular weight is 304 g/mol. The van der Waals surface area contributed by atoms with Crippen molar-refractivity contribution in [2.75, 3.05) is 17.2 Å². The summed E-state index contributed by atoms with van der Waals surface area (Å²) in [7, 11) is 0. The summed E-state index contributed by atoms with van der Waals surface area (Å²) >= 11 is 7.76. The Balaban J connectivity index is 1.89. The molecule has 1 aliphatic heterocycles. The molecule has 20 heavy (non-hydrogen) atoms. The fourth-order valence-electron chi connectivity index (χ4n) is 2.05. The molecule has 1 aromatic carbocycles. The summed E-state index contributed by atoms with van der Waals surface area (Å²) in [6.07, 6.45) is 3.68. The number of benzene rings is 1. The Kier molecular flexibility index (Phi) is 4.23. The summed E-state index contributed by atoms with van der Waals surface area (Å²) in [6, 6.07) is 11.9. The molecule has 0 saturated carbocycles. The minimum Gasteiger partial charge on any atom is -0.317 e. The van der Waals surface area contributed by atoms with Gasteiger partial charge in [0.25, 0.3) is 0 Å². The fraction of sp³-hybridized carbons (Fsp3) is 0.200. The second kappa shape index (κ2) is 6.29. The lowest BCUT2D eigenvalue weighted by Crippen LogP contribution is -2.27. The SMILES string of the molecule is Clc1ccc(N(Cc2cccnc2)C2=NCCS2)cc1. The Morgan fingerprint density at radius 2 is 2.05 bits per heavy atom. The number of pyridine rings is 1. The number of nitrogens with zero attached hydrogens (tertiary/aromatic N) is 3. The Bertz CT molecular complexity index is 598. The number of hydrogen-bond acceptors (Lipinski definition) is 4. The minimum atomic E-state index is 0.746. The average Bonchev–Trinajstić information content (AvgIpc) is 3.01. The highest BCUT2D eigenvalue weighted by Crippen LogP contribution is 2.26. The van der Waals surface area contributed by atoms with Crippen LogP contribution in [-0.4, -0.2) is 22.4 Å². The lowest BCUT2D eigenvalue weighted by molar-refractivity contribution is 0.994. The van der Waals surface area contributed by atoms with Crippen LogP contribution in [0.1, 0.15) is 5.56 Å². The van der Waals surface area contributed by atoms with Gasteiger partial charge in [0.15, 0.2) is 5.17 Å². The molecule has 0 N–H and O–H groups in total. The number of aliphatic imine (C=N–C) groups is 1. The van der Waals surface area contributed by atoms with E-state index in [1.54, 1.807) is 18.0 Å². The molecule has 0 fully saturated rings. The highest BCUT2D eigenvalue weighted by atomic mass is 35.5. The molecule has 3 nitrogen and oxygen atoms in total. The first-order valence-corrected chi connectivity index (χ1v) is 7.78. The van der Waals surface area contributed by atoms with E-state index in [-0.39, 0.29) is 0 Å². The first-order valence-electron chi connectivity index (χ1n) is 6.42. The third-order valence-electron chi connectivity index (χ3n) is 3.00. The summed E-state index contributed by atoms with van der Waals surface area (Å²) in [4.78, 5) is 11.0. The van der Waals surface area contributed by atoms with Crippen molar-refractivity contribution >= 4 is 34.2 Å². The molecule has 3 rings (SSSR count). The lowest BCUT2D eigenvalue weighted by Gasteiger charge is -2.24. The number of anilines is 1. The second-order valence-electron chi connectivity index (χ2n) is 4.44. The fourth-order valence-corrected chi connectivity index (χ4v) is 3.05. The first-order chi connectivity index (χ1) is 9.83. The summed E-state index contributed by atoms with van der Waals surface area (Å²) in [6.45, 7) is 1.65. The summed E-state index contributed by atoms with van der Waals surface area (Å²) in [5.41, 5.74) is 2.27. The van der Waals surface area contributed by atoms with Gasteiger partial charge in [0, 0.05) is 28.9 Å². The van der Waals surface area contributed by atoms with E-state index in [0.29, 0.717) is 0 Å². The van der Waals surface area contributed by atoms with E-state index < -0.39 is 0 Å². The molecular weight excluding hydrogens is 290 g/mol. The van der Waals surface area contributed by atoms with E-state index in [1.165, 1.54) is 0 Å². The van der Waals surface area contributed by atoms with Crippen molar-refractivity contribution in [3.05, 3.63) is 59.4 Å². The second-order valence-corrected chi connectivity index (χ2v) is 5.94. The summed E-state index contributed by atoms with van der Waals surface area (Å²) in [5.74, 6) is 1.05. The molecule has 0 aliphatic carbocycles. The number of halogens is 1. The van der Waals surface area contributed by atoms with Crippen LogP contribution in [0.2, 0.25) is 5.02 Å². The largest absolute Gasteiger partial charge is 0.317 e. The highest BCUT2D eigenvalue weighted by molar-refractivity contribution is 8.14. The maximum atomic E-state index is 5.97. The van der Waals surface area contributed by atoms with Crippen molar-refractivity contribution in [1.82, 2.24) is 4.98 Å². The number of hydrogen-bond donors (Lipinski definition) is 0. The Hall–Kier alpha value is -1.52. The van der Waals surface area contributed by atoms with Gasteiger partial charge >= 0.3 is 0 Å². The Labute approximate surface area is 127 Å². The smallest absolute Gasteiger partial charge is 0.164 e. The van der Waals surface area contributed by atoms with Crippen LogP contribution in [0, 0.1) is 0 Å². The molecule has 0 radical (unpaired) electrons. The van der Waals surface area contributed by atoms with E-state index in [1.807, 2.05) is 36.5 Å². The molecular formula is C15H14ClN3S. The van der Waals surface area contributed by atoms with Gasteiger partial charge in [0.1, 0.15) is 0 Å². The molecule has 0 saturated heterocycles. The molecule has 1 aliphatic rings. The Morgan fingerprint density at radius 3 is 2.70 bits per heavy atom. The van der Waals surface area contributed by atoms with Gasteiger partial charge in [-0.15, -0.1) is 0 Å². The molecule has 2 heterocycles. The van der Waals surface area contributed by atoms with Gasteiger partial charge in [0.2, 0.25) is 0 Å². The highest BCUT2D eigenvalue weighted by Gasteiger charge is 2.18. The van der Waals surface area contributed by atoms with Crippen LogP contribution in [-0.2, 0) is 6.54 Å². The minimum absolute atomic E-state index is 0.746. The van der Waals surface area contributed by atoms with Gasteiger partial charge in [0.05, 0.1) is 13.1 Å².